The van der Waals surface area contributed by atoms with Crippen molar-refractivity contribution < 1.29 is 0 Å². The minimum Gasteiger partial charge on any atom is -0.353 e. The number of hydrogen-bond acceptors (Lipinski definition) is 7. The van der Waals surface area contributed by atoms with Crippen molar-refractivity contribution in [1.82, 2.24) is 29.7 Å². The molecule has 98 valence electrons. The van der Waals surface area contributed by atoms with Crippen LogP contribution in [0.15, 0.2) is 12.7 Å². The highest BCUT2D eigenvalue weighted by atomic mass is 35.5. The van der Waals surface area contributed by atoms with E-state index in [-0.39, 0.29) is 5.28 Å². The van der Waals surface area contributed by atoms with Crippen molar-refractivity contribution in [2.45, 2.75) is 0 Å². The predicted octanol–water partition coefficient (Wildman–Crippen LogP) is 0.884. The van der Waals surface area contributed by atoms with Crippen LogP contribution in [0.3, 0.4) is 0 Å². The van der Waals surface area contributed by atoms with E-state index in [1.165, 1.54) is 17.3 Å². The van der Waals surface area contributed by atoms with Crippen molar-refractivity contribution in [3.8, 4) is 18.3 Å². The van der Waals surface area contributed by atoms with Crippen LogP contribution >= 0.6 is 23.4 Å². The number of thioether (sulfide) groups is 1. The smallest absolute Gasteiger partial charge is 0.258 e. The van der Waals surface area contributed by atoms with Crippen molar-refractivity contribution in [1.29, 1.82) is 0 Å². The molecule has 0 saturated carbocycles. The third kappa shape index (κ3) is 4.08. The van der Waals surface area contributed by atoms with Gasteiger partial charge in [0.15, 0.2) is 0 Å². The van der Waals surface area contributed by atoms with Gasteiger partial charge in [0.05, 0.1) is 5.75 Å². The molecule has 0 aliphatic heterocycles. The molecular formula is C10H10ClN7S. The van der Waals surface area contributed by atoms with Crippen LogP contribution < -0.4 is 5.32 Å². The Morgan fingerprint density at radius 3 is 3.05 bits per heavy atom. The molecule has 0 aliphatic carbocycles. The first-order valence-electron chi connectivity index (χ1n) is 5.31. The summed E-state index contributed by atoms with van der Waals surface area (Å²) in [5, 5.41) is 7.08. The van der Waals surface area contributed by atoms with Crippen LogP contribution in [0, 0.1) is 12.3 Å². The van der Waals surface area contributed by atoms with E-state index in [1.807, 2.05) is 0 Å². The van der Waals surface area contributed by atoms with Gasteiger partial charge in [-0.1, -0.05) is 5.92 Å². The molecule has 0 bridgehead atoms. The van der Waals surface area contributed by atoms with Crippen LogP contribution in [0.5, 0.6) is 0 Å². The summed E-state index contributed by atoms with van der Waals surface area (Å²) in [7, 11) is 0. The Kier molecular flexibility index (Phi) is 4.94. The van der Waals surface area contributed by atoms with E-state index in [4.69, 9.17) is 18.0 Å². The molecule has 0 saturated heterocycles. The van der Waals surface area contributed by atoms with Gasteiger partial charge in [0, 0.05) is 12.3 Å². The quantitative estimate of drug-likeness (QED) is 0.626. The zero-order valence-electron chi connectivity index (χ0n) is 9.82. The Morgan fingerprint density at radius 1 is 1.42 bits per heavy atom. The molecule has 0 fully saturated rings. The molecule has 2 aromatic heterocycles. The number of hydrogen-bond donors (Lipinski definition) is 1. The van der Waals surface area contributed by atoms with Crippen LogP contribution in [0.4, 0.5) is 5.95 Å². The van der Waals surface area contributed by atoms with E-state index in [9.17, 15) is 0 Å². The zero-order chi connectivity index (χ0) is 13.5. The molecule has 2 aromatic rings. The van der Waals surface area contributed by atoms with Crippen LogP contribution in [0.1, 0.15) is 0 Å². The second-order valence-corrected chi connectivity index (χ2v) is 4.69. The number of nitrogens with zero attached hydrogens (tertiary/aromatic N) is 6. The molecule has 7 nitrogen and oxygen atoms in total. The molecule has 0 radical (unpaired) electrons. The minimum atomic E-state index is 0.0966. The fourth-order valence-electron chi connectivity index (χ4n) is 1.20. The topological polar surface area (TPSA) is 81.4 Å². The predicted molar refractivity (Wildman–Crippen MR) is 74.4 cm³/mol. The fraction of sp³-hybridized carbons (Fsp3) is 0.300. The highest BCUT2D eigenvalue weighted by Gasteiger charge is 2.06. The van der Waals surface area contributed by atoms with Crippen LogP contribution in [-0.2, 0) is 0 Å². The maximum absolute atomic E-state index is 5.83. The molecule has 0 amide bonds. The van der Waals surface area contributed by atoms with Crippen LogP contribution in [-0.4, -0.2) is 47.8 Å². The molecule has 0 spiro atoms. The van der Waals surface area contributed by atoms with Crippen LogP contribution in [0.25, 0.3) is 5.95 Å². The molecule has 1 N–H and O–H groups in total. The van der Waals surface area contributed by atoms with Gasteiger partial charge in [-0.2, -0.15) is 24.7 Å². The van der Waals surface area contributed by atoms with Gasteiger partial charge in [-0.3, -0.25) is 0 Å². The van der Waals surface area contributed by atoms with Gasteiger partial charge in [0.2, 0.25) is 11.2 Å². The zero-order valence-corrected chi connectivity index (χ0v) is 11.4. The monoisotopic (exact) mass is 295 g/mol. The Bertz CT molecular complexity index is 566. The maximum atomic E-state index is 5.83. The second kappa shape index (κ2) is 6.92. The Hall–Kier alpha value is -1.85. The third-order valence-electron chi connectivity index (χ3n) is 1.93. The van der Waals surface area contributed by atoms with E-state index in [0.717, 1.165) is 5.75 Å². The Labute approximate surface area is 119 Å². The number of rotatable bonds is 6. The van der Waals surface area contributed by atoms with E-state index in [0.29, 0.717) is 24.2 Å². The molecule has 0 aromatic carbocycles. The third-order valence-corrected chi connectivity index (χ3v) is 2.97. The molecule has 19 heavy (non-hydrogen) atoms. The Balaban J connectivity index is 2.00. The van der Waals surface area contributed by atoms with Gasteiger partial charge < -0.3 is 5.32 Å². The summed E-state index contributed by atoms with van der Waals surface area (Å²) < 4.78 is 1.41. The summed E-state index contributed by atoms with van der Waals surface area (Å²) in [6.07, 6.45) is 8.03. The van der Waals surface area contributed by atoms with Gasteiger partial charge >= 0.3 is 0 Å². The average Bonchev–Trinajstić information content (AvgIpc) is 2.92. The highest BCUT2D eigenvalue weighted by Crippen LogP contribution is 2.08. The van der Waals surface area contributed by atoms with Gasteiger partial charge in [-0.15, -0.1) is 18.2 Å². The lowest BCUT2D eigenvalue weighted by Gasteiger charge is -2.05. The first-order chi connectivity index (χ1) is 9.29. The van der Waals surface area contributed by atoms with E-state index >= 15 is 0 Å². The number of nitrogens with one attached hydrogen (secondary N) is 1. The van der Waals surface area contributed by atoms with E-state index in [1.54, 1.807) is 11.8 Å². The number of terminal acetylenes is 1. The summed E-state index contributed by atoms with van der Waals surface area (Å²) in [4.78, 5) is 16.0. The number of anilines is 1. The molecule has 0 unspecified atom stereocenters. The van der Waals surface area contributed by atoms with Crippen molar-refractivity contribution in [2.75, 3.05) is 23.4 Å². The van der Waals surface area contributed by atoms with Crippen LogP contribution in [0.2, 0.25) is 5.28 Å². The molecule has 2 heterocycles. The van der Waals surface area contributed by atoms with Crippen molar-refractivity contribution in [3.05, 3.63) is 17.9 Å². The SMILES string of the molecule is C#CCSCCNc1nc(Cl)nc(-n2cncn2)n1. The lowest BCUT2D eigenvalue weighted by atomic mass is 10.7. The standard InChI is InChI=1S/C10H10ClN7S/c1-2-4-19-5-3-13-9-15-8(11)16-10(17-9)18-7-12-6-14-18/h1,6-7H,3-5H2,(H,13,15,16,17). The van der Waals surface area contributed by atoms with Crippen molar-refractivity contribution >= 4 is 29.3 Å². The van der Waals surface area contributed by atoms with Gasteiger partial charge in [0.1, 0.15) is 12.7 Å². The lowest BCUT2D eigenvalue weighted by molar-refractivity contribution is 0.794. The summed E-state index contributed by atoms with van der Waals surface area (Å²) in [6.45, 7) is 0.684. The molecule has 2 rings (SSSR count). The first kappa shape index (κ1) is 13.6. The minimum absolute atomic E-state index is 0.0966. The molecule has 0 atom stereocenters. The number of halogens is 1. The first-order valence-corrected chi connectivity index (χ1v) is 6.84. The molecule has 9 heteroatoms. The van der Waals surface area contributed by atoms with Crippen molar-refractivity contribution in [2.24, 2.45) is 0 Å². The van der Waals surface area contributed by atoms with E-state index < -0.39 is 0 Å². The van der Waals surface area contributed by atoms with Gasteiger partial charge in [-0.05, 0) is 11.6 Å². The summed E-state index contributed by atoms with van der Waals surface area (Å²) >= 11 is 7.48. The lowest BCUT2D eigenvalue weighted by Crippen LogP contribution is -2.11. The summed E-state index contributed by atoms with van der Waals surface area (Å²) in [6, 6.07) is 0. The highest BCUT2D eigenvalue weighted by molar-refractivity contribution is 7.99. The van der Waals surface area contributed by atoms with Gasteiger partial charge in [-0.25, -0.2) is 4.98 Å². The summed E-state index contributed by atoms with van der Waals surface area (Å²) in [5.41, 5.74) is 0. The number of aromatic nitrogens is 6. The maximum Gasteiger partial charge on any atom is 0.258 e. The van der Waals surface area contributed by atoms with Crippen molar-refractivity contribution in [3.63, 3.8) is 0 Å². The summed E-state index contributed by atoms with van der Waals surface area (Å²) in [5.74, 6) is 4.81. The Morgan fingerprint density at radius 2 is 2.32 bits per heavy atom. The fourth-order valence-corrected chi connectivity index (χ4v) is 1.86. The van der Waals surface area contributed by atoms with Gasteiger partial charge in [0.25, 0.3) is 5.95 Å². The second-order valence-electron chi connectivity index (χ2n) is 3.25. The average molecular weight is 296 g/mol. The van der Waals surface area contributed by atoms with E-state index in [2.05, 4.69) is 36.3 Å². The normalized spacial score (nSPS) is 10.1. The molecule has 0 aliphatic rings. The largest absolute Gasteiger partial charge is 0.353 e. The molecular weight excluding hydrogens is 286 g/mol.